The molecular weight excluding hydrogens is 770 g/mol. The molecule has 1 unspecified atom stereocenters. The number of ether oxygens (including phenoxy) is 2. The number of carbonyl (C=O) groups excluding carboxylic acids is 5. The fourth-order valence-corrected chi connectivity index (χ4v) is 8.66. The first kappa shape index (κ1) is 40.2. The molecule has 5 amide bonds. The molecule has 1 aliphatic carbocycles. The number of benzene rings is 3. The van der Waals surface area contributed by atoms with E-state index in [1.165, 1.54) is 43.5 Å². The second kappa shape index (κ2) is 16.9. The van der Waals surface area contributed by atoms with Crippen LogP contribution in [0.4, 0.5) is 19.1 Å². The Balaban J connectivity index is 0.874. The number of hydrogen-bond donors (Lipinski definition) is 2. The Morgan fingerprint density at radius 2 is 1.64 bits per heavy atom. The summed E-state index contributed by atoms with van der Waals surface area (Å²) in [5.74, 6) is -2.02. The van der Waals surface area contributed by atoms with Crippen LogP contribution in [0.3, 0.4) is 0 Å². The summed E-state index contributed by atoms with van der Waals surface area (Å²) in [6.07, 6.45) is 2.33. The van der Waals surface area contributed by atoms with E-state index in [4.69, 9.17) is 14.5 Å². The number of amides is 5. The number of hydrogen-bond acceptors (Lipinski definition) is 9. The molecule has 4 aliphatic rings. The number of halogens is 3. The van der Waals surface area contributed by atoms with Crippen molar-refractivity contribution in [3.8, 4) is 5.75 Å². The van der Waals surface area contributed by atoms with Crippen LogP contribution in [0.5, 0.6) is 5.75 Å². The van der Waals surface area contributed by atoms with E-state index in [0.29, 0.717) is 18.3 Å². The van der Waals surface area contributed by atoms with Gasteiger partial charge in [0.15, 0.2) is 0 Å². The van der Waals surface area contributed by atoms with Crippen molar-refractivity contribution in [2.24, 2.45) is 5.92 Å². The number of fused-ring (bicyclic) bond motifs is 2. The maximum absolute atomic E-state index is 13.5. The van der Waals surface area contributed by atoms with E-state index in [1.807, 2.05) is 16.7 Å². The fraction of sp³-hybridized carbons (Fsp3) is 0.442. The SMILES string of the molecule is O=C1CCC(N2C(=O)c3ccc(OCCOC[C@H]4CC[C@@H](n5c(NC(=O)c6cccc(C(F)(F)F)c6)nc6cc(CN7CCCCC7)ccc65)CC4)cc3C2=O)C(=O)N1. The number of aromatic nitrogens is 2. The van der Waals surface area contributed by atoms with Crippen molar-refractivity contribution < 1.29 is 46.6 Å². The Labute approximate surface area is 338 Å². The van der Waals surface area contributed by atoms with Gasteiger partial charge in [-0.25, -0.2) is 4.98 Å². The molecule has 13 nitrogen and oxygen atoms in total. The third-order valence-corrected chi connectivity index (χ3v) is 11.7. The normalized spacial score (nSPS) is 21.5. The first-order valence-corrected chi connectivity index (χ1v) is 20.2. The molecule has 3 aliphatic heterocycles. The van der Waals surface area contributed by atoms with E-state index in [9.17, 15) is 37.1 Å². The average molecular weight is 815 g/mol. The van der Waals surface area contributed by atoms with E-state index in [2.05, 4.69) is 21.6 Å². The summed E-state index contributed by atoms with van der Waals surface area (Å²) in [5.41, 5.74) is 1.99. The van der Waals surface area contributed by atoms with E-state index >= 15 is 0 Å². The minimum absolute atomic E-state index is 0.00958. The van der Waals surface area contributed by atoms with E-state index in [1.54, 1.807) is 6.07 Å². The lowest BCUT2D eigenvalue weighted by atomic mass is 9.86. The number of anilines is 1. The molecule has 3 fully saturated rings. The number of carbonyl (C=O) groups is 5. The molecule has 8 rings (SSSR count). The summed E-state index contributed by atoms with van der Waals surface area (Å²) in [7, 11) is 0. The molecule has 1 atom stereocenters. The highest BCUT2D eigenvalue weighted by Gasteiger charge is 2.44. The topological polar surface area (TPSA) is 152 Å². The van der Waals surface area contributed by atoms with Gasteiger partial charge in [0.25, 0.3) is 17.7 Å². The number of likely N-dealkylation sites (tertiary alicyclic amines) is 1. The molecule has 59 heavy (non-hydrogen) atoms. The summed E-state index contributed by atoms with van der Waals surface area (Å²) >= 11 is 0. The van der Waals surface area contributed by atoms with Gasteiger partial charge in [0.2, 0.25) is 17.8 Å². The highest BCUT2D eigenvalue weighted by Crippen LogP contribution is 2.38. The zero-order chi connectivity index (χ0) is 41.3. The van der Waals surface area contributed by atoms with Crippen molar-refractivity contribution in [2.45, 2.75) is 82.6 Å². The van der Waals surface area contributed by atoms with Gasteiger partial charge in [-0.2, -0.15) is 13.2 Å². The van der Waals surface area contributed by atoms with Crippen LogP contribution < -0.4 is 15.4 Å². The summed E-state index contributed by atoms with van der Waals surface area (Å²) < 4.78 is 54.2. The number of piperidine rings is 2. The lowest BCUT2D eigenvalue weighted by molar-refractivity contribution is -0.138. The van der Waals surface area contributed by atoms with Gasteiger partial charge in [-0.3, -0.25) is 44.4 Å². The fourth-order valence-electron chi connectivity index (χ4n) is 8.66. The lowest BCUT2D eigenvalue weighted by Crippen LogP contribution is -2.54. The summed E-state index contributed by atoms with van der Waals surface area (Å²) in [4.78, 5) is 71.6. The molecule has 0 radical (unpaired) electrons. The van der Waals surface area contributed by atoms with E-state index < -0.39 is 47.3 Å². The van der Waals surface area contributed by atoms with Gasteiger partial charge in [-0.15, -0.1) is 0 Å². The van der Waals surface area contributed by atoms with Crippen LogP contribution in [-0.4, -0.2) is 87.8 Å². The minimum Gasteiger partial charge on any atom is -0.491 e. The van der Waals surface area contributed by atoms with Gasteiger partial charge in [-0.05, 0) is 118 Å². The predicted molar refractivity (Wildman–Crippen MR) is 209 cm³/mol. The number of nitrogens with one attached hydrogen (secondary N) is 2. The Bertz CT molecular complexity index is 2280. The Morgan fingerprint density at radius 1 is 0.864 bits per heavy atom. The molecule has 1 saturated carbocycles. The Morgan fingerprint density at radius 3 is 2.41 bits per heavy atom. The second-order valence-electron chi connectivity index (χ2n) is 15.8. The minimum atomic E-state index is -4.58. The third-order valence-electron chi connectivity index (χ3n) is 11.7. The standard InChI is InChI=1S/C43H45F3N6O7/c44-43(45,46)29-6-4-5-28(22-29)38(54)49-42-47-34-21-27(24-50-17-2-1-3-18-50)9-14-35(34)51(42)30-10-7-26(8-11-30)25-58-19-20-59-31-12-13-32-33(23-31)41(57)52(40(32)56)36-15-16-37(53)48-39(36)55/h4-6,9,12-14,21-23,26,30,36H,1-3,7-8,10-11,15-20,24-25H2,(H,47,49,54)(H,48,53,55)/t26-,30+,36?. The lowest BCUT2D eigenvalue weighted by Gasteiger charge is -2.30. The van der Waals surface area contributed by atoms with Gasteiger partial charge >= 0.3 is 6.18 Å². The summed E-state index contributed by atoms with van der Waals surface area (Å²) in [6.45, 7) is 3.85. The molecule has 310 valence electrons. The van der Waals surface area contributed by atoms with Crippen molar-refractivity contribution in [3.63, 3.8) is 0 Å². The van der Waals surface area contributed by atoms with Gasteiger partial charge in [0.05, 0.1) is 34.3 Å². The number of imidazole rings is 1. The maximum atomic E-state index is 13.5. The van der Waals surface area contributed by atoms with Gasteiger partial charge in [0.1, 0.15) is 18.4 Å². The first-order valence-electron chi connectivity index (χ1n) is 20.2. The van der Waals surface area contributed by atoms with Gasteiger partial charge < -0.3 is 14.0 Å². The van der Waals surface area contributed by atoms with Crippen LogP contribution in [0.15, 0.2) is 60.7 Å². The van der Waals surface area contributed by atoms with E-state index in [0.717, 1.165) is 78.9 Å². The monoisotopic (exact) mass is 814 g/mol. The van der Waals surface area contributed by atoms with Gasteiger partial charge in [-0.1, -0.05) is 18.6 Å². The summed E-state index contributed by atoms with van der Waals surface area (Å²) in [6, 6.07) is 14.0. The molecule has 0 spiro atoms. The number of imide groups is 2. The molecule has 2 N–H and O–H groups in total. The molecule has 1 aromatic heterocycles. The third kappa shape index (κ3) is 8.74. The molecule has 0 bridgehead atoms. The van der Waals surface area contributed by atoms with Crippen LogP contribution in [0.25, 0.3) is 11.0 Å². The molecule has 4 aromatic rings. The Hall–Kier alpha value is -5.61. The van der Waals surface area contributed by atoms with Crippen LogP contribution >= 0.6 is 0 Å². The quantitative estimate of drug-likeness (QED) is 0.120. The van der Waals surface area contributed by atoms with Gasteiger partial charge in [0, 0.05) is 31.2 Å². The predicted octanol–water partition coefficient (Wildman–Crippen LogP) is 6.52. The molecular formula is C43H45F3N6O7. The zero-order valence-corrected chi connectivity index (χ0v) is 32.4. The van der Waals surface area contributed by atoms with Crippen molar-refractivity contribution in [2.75, 3.05) is 38.2 Å². The number of nitrogens with zero attached hydrogens (tertiary/aromatic N) is 4. The molecule has 3 aromatic carbocycles. The zero-order valence-electron chi connectivity index (χ0n) is 32.4. The van der Waals surface area contributed by atoms with Crippen molar-refractivity contribution >= 4 is 46.5 Å². The summed E-state index contributed by atoms with van der Waals surface area (Å²) in [5, 5.41) is 5.02. The van der Waals surface area contributed by atoms with Crippen molar-refractivity contribution in [3.05, 3.63) is 88.5 Å². The largest absolute Gasteiger partial charge is 0.491 e. The Kier molecular flexibility index (Phi) is 11.5. The van der Waals surface area contributed by atoms with Crippen LogP contribution in [0.2, 0.25) is 0 Å². The first-order chi connectivity index (χ1) is 28.4. The second-order valence-corrected chi connectivity index (χ2v) is 15.8. The molecule has 2 saturated heterocycles. The van der Waals surface area contributed by atoms with Crippen molar-refractivity contribution in [1.82, 2.24) is 24.7 Å². The van der Waals surface area contributed by atoms with Crippen LogP contribution in [-0.2, 0) is 27.0 Å². The van der Waals surface area contributed by atoms with Crippen LogP contribution in [0.1, 0.15) is 106 Å². The smallest absolute Gasteiger partial charge is 0.416 e. The van der Waals surface area contributed by atoms with E-state index in [-0.39, 0.29) is 54.7 Å². The highest BCUT2D eigenvalue weighted by atomic mass is 19.4. The maximum Gasteiger partial charge on any atom is 0.416 e. The number of rotatable bonds is 12. The van der Waals surface area contributed by atoms with Crippen molar-refractivity contribution in [1.29, 1.82) is 0 Å². The highest BCUT2D eigenvalue weighted by molar-refractivity contribution is 6.23. The molecule has 16 heteroatoms. The van der Waals surface area contributed by atoms with Crippen LogP contribution in [0, 0.1) is 5.92 Å². The number of alkyl halides is 3. The average Bonchev–Trinajstić information content (AvgIpc) is 3.70. The molecule has 4 heterocycles.